The van der Waals surface area contributed by atoms with Gasteiger partial charge in [0.1, 0.15) is 11.3 Å². The number of carbonyl (C=O) groups excluding carboxylic acids is 1. The molecular weight excluding hydrogens is 352 g/mol. The summed E-state index contributed by atoms with van der Waals surface area (Å²) in [6.45, 7) is 6.12. The minimum absolute atomic E-state index is 0.0755. The first-order valence-electron chi connectivity index (χ1n) is 8.52. The van der Waals surface area contributed by atoms with Crippen molar-refractivity contribution in [2.24, 2.45) is 0 Å². The van der Waals surface area contributed by atoms with Crippen molar-refractivity contribution < 1.29 is 9.21 Å². The summed E-state index contributed by atoms with van der Waals surface area (Å²) in [7, 11) is 0. The first kappa shape index (κ1) is 18.3. The average Bonchev–Trinajstić information content (AvgIpc) is 3.24. The molecule has 8 heteroatoms. The molecule has 1 atom stereocenters. The minimum Gasteiger partial charge on any atom is -0.467 e. The van der Waals surface area contributed by atoms with Gasteiger partial charge in [0.2, 0.25) is 5.91 Å². The highest BCUT2D eigenvalue weighted by Crippen LogP contribution is 2.19. The molecule has 0 bridgehead atoms. The van der Waals surface area contributed by atoms with Crippen LogP contribution in [0.2, 0.25) is 0 Å². The van der Waals surface area contributed by atoms with Crippen molar-refractivity contribution in [3.05, 3.63) is 46.3 Å². The van der Waals surface area contributed by atoms with Crippen molar-refractivity contribution in [3.8, 4) is 0 Å². The van der Waals surface area contributed by atoms with Gasteiger partial charge in [0.25, 0.3) is 5.56 Å². The predicted octanol–water partition coefficient (Wildman–Crippen LogP) is 2.68. The summed E-state index contributed by atoms with van der Waals surface area (Å²) in [5.41, 5.74) is 1.76. The second kappa shape index (κ2) is 7.82. The van der Waals surface area contributed by atoms with Crippen LogP contribution in [0.15, 0.2) is 38.8 Å². The van der Waals surface area contributed by atoms with Gasteiger partial charge in [-0.25, -0.2) is 4.98 Å². The van der Waals surface area contributed by atoms with E-state index in [2.05, 4.69) is 15.3 Å². The number of fused-ring (bicyclic) bond motifs is 1. The SMILES string of the molecule is CC[C@H](C)NC(=O)CSc1nc2cc(C)[nH]c2c(=O)n1Cc1ccco1. The fourth-order valence-electron chi connectivity index (χ4n) is 2.57. The first-order chi connectivity index (χ1) is 12.5. The monoisotopic (exact) mass is 374 g/mol. The number of aromatic nitrogens is 3. The van der Waals surface area contributed by atoms with Crippen LogP contribution in [0.4, 0.5) is 0 Å². The van der Waals surface area contributed by atoms with Crippen LogP contribution in [-0.2, 0) is 11.3 Å². The zero-order valence-electron chi connectivity index (χ0n) is 15.0. The summed E-state index contributed by atoms with van der Waals surface area (Å²) in [6.07, 6.45) is 2.43. The third kappa shape index (κ3) is 4.01. The largest absolute Gasteiger partial charge is 0.467 e. The molecule has 7 nitrogen and oxygen atoms in total. The third-order valence-electron chi connectivity index (χ3n) is 4.08. The van der Waals surface area contributed by atoms with E-state index >= 15 is 0 Å². The highest BCUT2D eigenvalue weighted by Gasteiger charge is 2.16. The summed E-state index contributed by atoms with van der Waals surface area (Å²) >= 11 is 1.25. The molecule has 3 aromatic rings. The fourth-order valence-corrected chi connectivity index (χ4v) is 3.38. The Labute approximate surface area is 155 Å². The molecule has 3 heterocycles. The van der Waals surface area contributed by atoms with Crippen LogP contribution in [0.3, 0.4) is 0 Å². The van der Waals surface area contributed by atoms with Crippen molar-refractivity contribution in [1.29, 1.82) is 0 Å². The summed E-state index contributed by atoms with van der Waals surface area (Å²) in [5.74, 6) is 0.778. The number of rotatable bonds is 7. The number of nitrogens with one attached hydrogen (secondary N) is 2. The number of hydrogen-bond acceptors (Lipinski definition) is 5. The number of aryl methyl sites for hydroxylation is 1. The first-order valence-corrected chi connectivity index (χ1v) is 9.51. The van der Waals surface area contributed by atoms with Crippen LogP contribution >= 0.6 is 11.8 Å². The highest BCUT2D eigenvalue weighted by molar-refractivity contribution is 7.99. The van der Waals surface area contributed by atoms with Crippen molar-refractivity contribution in [2.45, 2.75) is 44.9 Å². The maximum absolute atomic E-state index is 12.9. The molecule has 0 radical (unpaired) electrons. The molecule has 0 saturated heterocycles. The van der Waals surface area contributed by atoms with E-state index in [0.29, 0.717) is 22.0 Å². The second-order valence-electron chi connectivity index (χ2n) is 6.24. The van der Waals surface area contributed by atoms with Crippen molar-refractivity contribution >= 4 is 28.7 Å². The van der Waals surface area contributed by atoms with Crippen molar-refractivity contribution in [1.82, 2.24) is 19.9 Å². The Morgan fingerprint density at radius 2 is 2.31 bits per heavy atom. The van der Waals surface area contributed by atoms with Gasteiger partial charge >= 0.3 is 0 Å². The molecule has 2 N–H and O–H groups in total. The molecule has 0 aliphatic rings. The number of aromatic amines is 1. The number of thioether (sulfide) groups is 1. The maximum atomic E-state index is 12.9. The van der Waals surface area contributed by atoms with Gasteiger partial charge in [-0.2, -0.15) is 0 Å². The summed E-state index contributed by atoms with van der Waals surface area (Å²) in [4.78, 5) is 32.6. The average molecular weight is 374 g/mol. The highest BCUT2D eigenvalue weighted by atomic mass is 32.2. The molecule has 138 valence electrons. The zero-order valence-corrected chi connectivity index (χ0v) is 15.9. The van der Waals surface area contributed by atoms with Crippen LogP contribution in [-0.4, -0.2) is 32.2 Å². The minimum atomic E-state index is -0.177. The molecule has 0 unspecified atom stereocenters. The molecule has 3 rings (SSSR count). The van der Waals surface area contributed by atoms with Crippen LogP contribution < -0.4 is 10.9 Å². The van der Waals surface area contributed by atoms with E-state index in [-0.39, 0.29) is 29.8 Å². The lowest BCUT2D eigenvalue weighted by Crippen LogP contribution is -2.33. The standard InChI is InChI=1S/C18H22N4O3S/c1-4-11(2)19-15(23)10-26-18-21-14-8-12(3)20-16(14)17(24)22(18)9-13-6-5-7-25-13/h5-8,11,20H,4,9-10H2,1-3H3,(H,19,23)/t11-/m0/s1. The molecule has 0 saturated carbocycles. The molecule has 26 heavy (non-hydrogen) atoms. The summed E-state index contributed by atoms with van der Waals surface area (Å²) in [5, 5.41) is 3.42. The quantitative estimate of drug-likeness (QED) is 0.490. The summed E-state index contributed by atoms with van der Waals surface area (Å²) in [6, 6.07) is 5.53. The molecule has 0 spiro atoms. The lowest BCUT2D eigenvalue weighted by Gasteiger charge is -2.13. The molecule has 0 aliphatic carbocycles. The Balaban J connectivity index is 1.91. The number of carbonyl (C=O) groups is 1. The van der Waals surface area contributed by atoms with Crippen LogP contribution in [0.5, 0.6) is 0 Å². The number of hydrogen-bond donors (Lipinski definition) is 2. The Morgan fingerprint density at radius 1 is 1.50 bits per heavy atom. The van der Waals surface area contributed by atoms with Crippen LogP contribution in [0.1, 0.15) is 31.7 Å². The second-order valence-corrected chi connectivity index (χ2v) is 7.19. The number of nitrogens with zero attached hydrogens (tertiary/aromatic N) is 2. The topological polar surface area (TPSA) is 92.9 Å². The van der Waals surface area contributed by atoms with Crippen LogP contribution in [0.25, 0.3) is 11.0 Å². The Hall–Kier alpha value is -2.48. The molecule has 0 fully saturated rings. The number of amides is 1. The van der Waals surface area contributed by atoms with Gasteiger partial charge in [0.15, 0.2) is 5.16 Å². The molecule has 0 aromatic carbocycles. The Kier molecular flexibility index (Phi) is 5.51. The zero-order chi connectivity index (χ0) is 18.7. The van der Waals surface area contributed by atoms with Gasteiger partial charge in [-0.05, 0) is 38.5 Å². The van der Waals surface area contributed by atoms with E-state index in [1.54, 1.807) is 18.4 Å². The molecule has 1 amide bonds. The Bertz CT molecular complexity index is 959. The van der Waals surface area contributed by atoms with E-state index in [4.69, 9.17) is 4.42 Å². The van der Waals surface area contributed by atoms with E-state index in [0.717, 1.165) is 12.1 Å². The number of furan rings is 1. The van der Waals surface area contributed by atoms with E-state index in [1.165, 1.54) is 16.3 Å². The fraction of sp³-hybridized carbons (Fsp3) is 0.389. The van der Waals surface area contributed by atoms with Gasteiger partial charge in [-0.3, -0.25) is 14.2 Å². The van der Waals surface area contributed by atoms with E-state index in [1.807, 2.05) is 26.8 Å². The van der Waals surface area contributed by atoms with Gasteiger partial charge in [-0.15, -0.1) is 0 Å². The molecule has 0 aliphatic heterocycles. The van der Waals surface area contributed by atoms with Gasteiger partial charge in [-0.1, -0.05) is 18.7 Å². The lowest BCUT2D eigenvalue weighted by molar-refractivity contribution is -0.119. The van der Waals surface area contributed by atoms with Gasteiger partial charge in [0, 0.05) is 11.7 Å². The van der Waals surface area contributed by atoms with Crippen molar-refractivity contribution in [2.75, 3.05) is 5.75 Å². The lowest BCUT2D eigenvalue weighted by atomic mass is 10.3. The summed E-state index contributed by atoms with van der Waals surface area (Å²) < 4.78 is 6.91. The normalized spacial score (nSPS) is 12.4. The maximum Gasteiger partial charge on any atom is 0.278 e. The van der Waals surface area contributed by atoms with Crippen molar-refractivity contribution in [3.63, 3.8) is 0 Å². The molecule has 3 aromatic heterocycles. The molecular formula is C18H22N4O3S. The third-order valence-corrected chi connectivity index (χ3v) is 5.06. The van der Waals surface area contributed by atoms with Gasteiger partial charge < -0.3 is 14.7 Å². The van der Waals surface area contributed by atoms with E-state index < -0.39 is 0 Å². The number of H-pyrrole nitrogens is 1. The van der Waals surface area contributed by atoms with Gasteiger partial charge in [0.05, 0.1) is 24.1 Å². The smallest absolute Gasteiger partial charge is 0.278 e. The predicted molar refractivity (Wildman–Crippen MR) is 102 cm³/mol. The van der Waals surface area contributed by atoms with E-state index in [9.17, 15) is 9.59 Å². The Morgan fingerprint density at radius 3 is 3.00 bits per heavy atom. The van der Waals surface area contributed by atoms with Crippen LogP contribution in [0, 0.1) is 6.92 Å².